The van der Waals surface area contributed by atoms with Crippen LogP contribution < -0.4 is 10.1 Å². The van der Waals surface area contributed by atoms with E-state index in [1.807, 2.05) is 6.07 Å². The zero-order valence-corrected chi connectivity index (χ0v) is 8.86. The van der Waals surface area contributed by atoms with Crippen LogP contribution in [0.15, 0.2) is 30.4 Å². The third kappa shape index (κ3) is 1.32. The van der Waals surface area contributed by atoms with Gasteiger partial charge in [0.2, 0.25) is 0 Å². The van der Waals surface area contributed by atoms with Gasteiger partial charge in [0.05, 0.1) is 7.11 Å². The maximum absolute atomic E-state index is 5.23. The summed E-state index contributed by atoms with van der Waals surface area (Å²) in [6, 6.07) is 6.92. The highest BCUT2D eigenvalue weighted by Crippen LogP contribution is 2.42. The molecule has 0 saturated heterocycles. The summed E-state index contributed by atoms with van der Waals surface area (Å²) >= 11 is 0. The Labute approximate surface area is 89.9 Å². The van der Waals surface area contributed by atoms with Gasteiger partial charge in [-0.25, -0.2) is 0 Å². The monoisotopic (exact) mass is 201 g/mol. The van der Waals surface area contributed by atoms with Crippen LogP contribution >= 0.6 is 0 Å². The molecular weight excluding hydrogens is 186 g/mol. The first-order chi connectivity index (χ1) is 7.38. The third-order valence-electron chi connectivity index (χ3n) is 3.38. The second kappa shape index (κ2) is 3.30. The van der Waals surface area contributed by atoms with Crippen LogP contribution in [0.2, 0.25) is 0 Å². The first-order valence-electron chi connectivity index (χ1n) is 5.49. The molecule has 0 spiro atoms. The molecule has 1 N–H and O–H groups in total. The average molecular weight is 201 g/mol. The maximum atomic E-state index is 5.23. The first-order valence-corrected chi connectivity index (χ1v) is 5.49. The minimum atomic E-state index is 0.569. The average Bonchev–Trinajstić information content (AvgIpc) is 2.66. The lowest BCUT2D eigenvalue weighted by Crippen LogP contribution is -2.21. The second-order valence-corrected chi connectivity index (χ2v) is 4.24. The maximum Gasteiger partial charge on any atom is 0.120 e. The summed E-state index contributed by atoms with van der Waals surface area (Å²) in [6.45, 7) is 0. The minimum Gasteiger partial charge on any atom is -0.497 e. The molecule has 2 atom stereocenters. The first kappa shape index (κ1) is 8.84. The Kier molecular flexibility index (Phi) is 1.94. The molecule has 0 bridgehead atoms. The van der Waals surface area contributed by atoms with Gasteiger partial charge in [0.25, 0.3) is 0 Å². The van der Waals surface area contributed by atoms with Crippen molar-refractivity contribution in [2.75, 3.05) is 12.4 Å². The van der Waals surface area contributed by atoms with Gasteiger partial charge in [0, 0.05) is 23.7 Å². The van der Waals surface area contributed by atoms with E-state index in [1.165, 1.54) is 24.1 Å². The standard InChI is InChI=1S/C13H15NO/c1-15-9-6-7-11-10-4-2-3-5-12(10)14-13(11)8-9/h2,4,6-8,10,12,14H,3,5H2,1H3. The van der Waals surface area contributed by atoms with Gasteiger partial charge in [-0.05, 0) is 24.5 Å². The smallest absolute Gasteiger partial charge is 0.120 e. The lowest BCUT2D eigenvalue weighted by Gasteiger charge is -2.20. The van der Waals surface area contributed by atoms with Crippen molar-refractivity contribution in [3.63, 3.8) is 0 Å². The Hall–Kier alpha value is -1.44. The Morgan fingerprint density at radius 1 is 1.40 bits per heavy atom. The van der Waals surface area contributed by atoms with Crippen LogP contribution in [0.3, 0.4) is 0 Å². The molecule has 1 aromatic rings. The van der Waals surface area contributed by atoms with Crippen LogP contribution in [0.4, 0.5) is 5.69 Å². The van der Waals surface area contributed by atoms with Crippen molar-refractivity contribution in [2.24, 2.45) is 0 Å². The molecule has 0 saturated carbocycles. The largest absolute Gasteiger partial charge is 0.497 e. The van der Waals surface area contributed by atoms with Crippen LogP contribution in [0.25, 0.3) is 0 Å². The molecule has 1 heterocycles. The molecule has 0 fully saturated rings. The molecule has 2 nitrogen and oxygen atoms in total. The lowest BCUT2D eigenvalue weighted by molar-refractivity contribution is 0.415. The molecule has 2 heteroatoms. The molecule has 0 radical (unpaired) electrons. The fourth-order valence-corrected chi connectivity index (χ4v) is 2.59. The van der Waals surface area contributed by atoms with E-state index in [0.717, 1.165) is 5.75 Å². The fraction of sp³-hybridized carbons (Fsp3) is 0.385. The molecular formula is C13H15NO. The summed E-state index contributed by atoms with van der Waals surface area (Å²) in [5.41, 5.74) is 2.66. The summed E-state index contributed by atoms with van der Waals surface area (Å²) in [6.07, 6.45) is 7.05. The van der Waals surface area contributed by atoms with Gasteiger partial charge >= 0.3 is 0 Å². The topological polar surface area (TPSA) is 21.3 Å². The van der Waals surface area contributed by atoms with E-state index in [4.69, 9.17) is 4.74 Å². The van der Waals surface area contributed by atoms with E-state index in [0.29, 0.717) is 12.0 Å². The highest BCUT2D eigenvalue weighted by molar-refractivity contribution is 5.63. The Morgan fingerprint density at radius 3 is 3.20 bits per heavy atom. The molecule has 1 aromatic carbocycles. The number of anilines is 1. The number of nitrogens with one attached hydrogen (secondary N) is 1. The van der Waals surface area contributed by atoms with Crippen LogP contribution in [0, 0.1) is 0 Å². The Balaban J connectivity index is 2.02. The van der Waals surface area contributed by atoms with Crippen LogP contribution in [0.1, 0.15) is 24.3 Å². The molecule has 2 aliphatic rings. The Bertz CT molecular complexity index is 411. The summed E-state index contributed by atoms with van der Waals surface area (Å²) in [4.78, 5) is 0. The second-order valence-electron chi connectivity index (χ2n) is 4.24. The number of benzene rings is 1. The van der Waals surface area contributed by atoms with E-state index >= 15 is 0 Å². The highest BCUT2D eigenvalue weighted by atomic mass is 16.5. The molecule has 1 aliphatic heterocycles. The molecule has 0 amide bonds. The number of hydrogen-bond donors (Lipinski definition) is 1. The van der Waals surface area contributed by atoms with Gasteiger partial charge in [0.1, 0.15) is 5.75 Å². The van der Waals surface area contributed by atoms with E-state index < -0.39 is 0 Å². The summed E-state index contributed by atoms with van der Waals surface area (Å²) in [7, 11) is 1.71. The van der Waals surface area contributed by atoms with Gasteiger partial charge in [-0.3, -0.25) is 0 Å². The number of hydrogen-bond acceptors (Lipinski definition) is 2. The highest BCUT2D eigenvalue weighted by Gasteiger charge is 2.31. The zero-order valence-electron chi connectivity index (χ0n) is 8.86. The number of rotatable bonds is 1. The number of allylic oxidation sites excluding steroid dienone is 1. The van der Waals surface area contributed by atoms with Crippen molar-refractivity contribution in [2.45, 2.75) is 24.8 Å². The van der Waals surface area contributed by atoms with Crippen molar-refractivity contribution in [1.29, 1.82) is 0 Å². The number of fused-ring (bicyclic) bond motifs is 3. The SMILES string of the molecule is COc1ccc2c(c1)NC1CCC=CC21. The predicted molar refractivity (Wildman–Crippen MR) is 61.5 cm³/mol. The number of ether oxygens (including phenoxy) is 1. The molecule has 2 unspecified atom stereocenters. The van der Waals surface area contributed by atoms with Crippen LogP contribution in [-0.4, -0.2) is 13.2 Å². The Morgan fingerprint density at radius 2 is 2.33 bits per heavy atom. The predicted octanol–water partition coefficient (Wildman–Crippen LogP) is 2.92. The normalized spacial score (nSPS) is 26.7. The van der Waals surface area contributed by atoms with Crippen molar-refractivity contribution in [3.8, 4) is 5.75 Å². The molecule has 3 rings (SSSR count). The quantitative estimate of drug-likeness (QED) is 0.705. The lowest BCUT2D eigenvalue weighted by atomic mass is 9.88. The van der Waals surface area contributed by atoms with Gasteiger partial charge in [-0.15, -0.1) is 0 Å². The summed E-state index contributed by atoms with van der Waals surface area (Å²) < 4.78 is 5.23. The van der Waals surface area contributed by atoms with E-state index in [-0.39, 0.29) is 0 Å². The van der Waals surface area contributed by atoms with Crippen LogP contribution in [-0.2, 0) is 0 Å². The van der Waals surface area contributed by atoms with Crippen molar-refractivity contribution in [1.82, 2.24) is 0 Å². The minimum absolute atomic E-state index is 0.569. The van der Waals surface area contributed by atoms with E-state index in [9.17, 15) is 0 Å². The fourth-order valence-electron chi connectivity index (χ4n) is 2.59. The van der Waals surface area contributed by atoms with Crippen molar-refractivity contribution < 1.29 is 4.74 Å². The van der Waals surface area contributed by atoms with Gasteiger partial charge in [0.15, 0.2) is 0 Å². The summed E-state index contributed by atoms with van der Waals surface area (Å²) in [5, 5.41) is 3.58. The van der Waals surface area contributed by atoms with Crippen molar-refractivity contribution >= 4 is 5.69 Å². The molecule has 78 valence electrons. The third-order valence-corrected chi connectivity index (χ3v) is 3.38. The number of methoxy groups -OCH3 is 1. The van der Waals surface area contributed by atoms with Gasteiger partial charge in [-0.2, -0.15) is 0 Å². The summed E-state index contributed by atoms with van der Waals surface area (Å²) in [5.74, 6) is 1.50. The van der Waals surface area contributed by atoms with Gasteiger partial charge in [-0.1, -0.05) is 18.2 Å². The molecule has 15 heavy (non-hydrogen) atoms. The molecule has 0 aromatic heterocycles. The zero-order chi connectivity index (χ0) is 10.3. The van der Waals surface area contributed by atoms with E-state index in [2.05, 4.69) is 29.6 Å². The van der Waals surface area contributed by atoms with E-state index in [1.54, 1.807) is 7.11 Å². The van der Waals surface area contributed by atoms with Crippen molar-refractivity contribution in [3.05, 3.63) is 35.9 Å². The molecule has 1 aliphatic carbocycles. The van der Waals surface area contributed by atoms with Gasteiger partial charge < -0.3 is 10.1 Å². The van der Waals surface area contributed by atoms with Crippen LogP contribution in [0.5, 0.6) is 5.75 Å².